The lowest BCUT2D eigenvalue weighted by Gasteiger charge is -1.90. The van der Waals surface area contributed by atoms with Crippen molar-refractivity contribution in [1.82, 2.24) is 0 Å². The third-order valence-electron chi connectivity index (χ3n) is 2.17. The Hall–Kier alpha value is -1.77. The van der Waals surface area contributed by atoms with Crippen LogP contribution in [0.15, 0.2) is 33.5 Å². The van der Waals surface area contributed by atoms with Gasteiger partial charge in [0.05, 0.1) is 11.8 Å². The molecule has 2 heterocycles. The molecular formula is C11H10O3. The van der Waals surface area contributed by atoms with Crippen molar-refractivity contribution >= 4 is 5.78 Å². The van der Waals surface area contributed by atoms with Gasteiger partial charge in [-0.1, -0.05) is 0 Å². The topological polar surface area (TPSA) is 43.4 Å². The fraction of sp³-hybridized carbons (Fsp3) is 0.182. The van der Waals surface area contributed by atoms with E-state index in [1.54, 1.807) is 12.1 Å². The summed E-state index contributed by atoms with van der Waals surface area (Å²) in [6.07, 6.45) is 2.88. The van der Waals surface area contributed by atoms with Gasteiger partial charge in [-0.15, -0.1) is 0 Å². The van der Waals surface area contributed by atoms with E-state index in [2.05, 4.69) is 0 Å². The van der Waals surface area contributed by atoms with Gasteiger partial charge in [0.15, 0.2) is 5.76 Å². The van der Waals surface area contributed by atoms with Gasteiger partial charge in [0, 0.05) is 0 Å². The van der Waals surface area contributed by atoms with Gasteiger partial charge in [-0.3, -0.25) is 4.79 Å². The molecule has 0 aliphatic heterocycles. The van der Waals surface area contributed by atoms with Crippen LogP contribution in [0.2, 0.25) is 0 Å². The van der Waals surface area contributed by atoms with Crippen LogP contribution in [0.4, 0.5) is 0 Å². The van der Waals surface area contributed by atoms with E-state index in [0.29, 0.717) is 11.3 Å². The van der Waals surface area contributed by atoms with Crippen molar-refractivity contribution in [3.63, 3.8) is 0 Å². The number of aryl methyl sites for hydroxylation is 2. The number of furan rings is 2. The first kappa shape index (κ1) is 8.81. The normalized spacial score (nSPS) is 10.4. The SMILES string of the molecule is Cc1cc(C(=O)c2ccoc2)oc1C. The van der Waals surface area contributed by atoms with Crippen molar-refractivity contribution in [2.75, 3.05) is 0 Å². The van der Waals surface area contributed by atoms with E-state index in [0.717, 1.165) is 11.3 Å². The van der Waals surface area contributed by atoms with Gasteiger partial charge in [0.2, 0.25) is 5.78 Å². The molecule has 0 radical (unpaired) electrons. The molecular weight excluding hydrogens is 180 g/mol. The van der Waals surface area contributed by atoms with Crippen LogP contribution < -0.4 is 0 Å². The van der Waals surface area contributed by atoms with E-state index >= 15 is 0 Å². The Morgan fingerprint density at radius 2 is 2.14 bits per heavy atom. The molecule has 72 valence electrons. The summed E-state index contributed by atoms with van der Waals surface area (Å²) >= 11 is 0. The number of ketones is 1. The second-order valence-corrected chi connectivity index (χ2v) is 3.19. The molecule has 0 atom stereocenters. The molecule has 0 N–H and O–H groups in total. The summed E-state index contributed by atoms with van der Waals surface area (Å²) in [7, 11) is 0. The summed E-state index contributed by atoms with van der Waals surface area (Å²) in [5.41, 5.74) is 1.50. The first-order chi connectivity index (χ1) is 6.68. The number of carbonyl (C=O) groups excluding carboxylic acids is 1. The predicted molar refractivity (Wildman–Crippen MR) is 50.3 cm³/mol. The Labute approximate surface area is 81.3 Å². The minimum Gasteiger partial charge on any atom is -0.472 e. The maximum absolute atomic E-state index is 11.7. The smallest absolute Gasteiger partial charge is 0.231 e. The lowest BCUT2D eigenvalue weighted by atomic mass is 10.1. The minimum atomic E-state index is -0.144. The summed E-state index contributed by atoms with van der Waals surface area (Å²) in [4.78, 5) is 11.7. The third kappa shape index (κ3) is 1.37. The van der Waals surface area contributed by atoms with Crippen molar-refractivity contribution in [2.24, 2.45) is 0 Å². The predicted octanol–water partition coefficient (Wildman–Crippen LogP) is 2.72. The molecule has 2 rings (SSSR count). The standard InChI is InChI=1S/C11H10O3/c1-7-5-10(14-8(7)2)11(12)9-3-4-13-6-9/h3-6H,1-2H3. The van der Waals surface area contributed by atoms with Gasteiger partial charge >= 0.3 is 0 Å². The van der Waals surface area contributed by atoms with Crippen LogP contribution >= 0.6 is 0 Å². The van der Waals surface area contributed by atoms with Gasteiger partial charge in [-0.2, -0.15) is 0 Å². The molecule has 0 aromatic carbocycles. The summed E-state index contributed by atoms with van der Waals surface area (Å²) in [6, 6.07) is 3.36. The number of carbonyl (C=O) groups is 1. The summed E-state index contributed by atoms with van der Waals surface area (Å²) in [6.45, 7) is 3.74. The maximum atomic E-state index is 11.7. The van der Waals surface area contributed by atoms with E-state index < -0.39 is 0 Å². The molecule has 14 heavy (non-hydrogen) atoms. The van der Waals surface area contributed by atoms with Gasteiger partial charge in [-0.25, -0.2) is 0 Å². The molecule has 2 aromatic rings. The number of hydrogen-bond acceptors (Lipinski definition) is 3. The molecule has 0 fully saturated rings. The average molecular weight is 190 g/mol. The Bertz CT molecular complexity index is 429. The van der Waals surface area contributed by atoms with Crippen molar-refractivity contribution in [3.8, 4) is 0 Å². The lowest BCUT2D eigenvalue weighted by molar-refractivity contribution is 0.101. The quantitative estimate of drug-likeness (QED) is 0.684. The highest BCUT2D eigenvalue weighted by Gasteiger charge is 2.15. The highest BCUT2D eigenvalue weighted by molar-refractivity contribution is 6.07. The van der Waals surface area contributed by atoms with E-state index in [4.69, 9.17) is 8.83 Å². The highest BCUT2D eigenvalue weighted by Crippen LogP contribution is 2.17. The molecule has 0 bridgehead atoms. The first-order valence-corrected chi connectivity index (χ1v) is 4.32. The van der Waals surface area contributed by atoms with Gasteiger partial charge in [0.1, 0.15) is 12.0 Å². The van der Waals surface area contributed by atoms with Crippen molar-refractivity contribution in [3.05, 3.63) is 47.3 Å². The molecule has 0 spiro atoms. The monoisotopic (exact) mass is 190 g/mol. The molecule has 0 aliphatic carbocycles. The van der Waals surface area contributed by atoms with Crippen molar-refractivity contribution in [1.29, 1.82) is 0 Å². The van der Waals surface area contributed by atoms with Gasteiger partial charge in [0.25, 0.3) is 0 Å². The fourth-order valence-corrected chi connectivity index (χ4v) is 1.22. The molecule has 3 nitrogen and oxygen atoms in total. The van der Waals surface area contributed by atoms with Crippen molar-refractivity contribution in [2.45, 2.75) is 13.8 Å². The Balaban J connectivity index is 2.37. The fourth-order valence-electron chi connectivity index (χ4n) is 1.22. The number of rotatable bonds is 2. The number of hydrogen-bond donors (Lipinski definition) is 0. The van der Waals surface area contributed by atoms with E-state index in [-0.39, 0.29) is 5.78 Å². The van der Waals surface area contributed by atoms with Crippen LogP contribution in [0.3, 0.4) is 0 Å². The van der Waals surface area contributed by atoms with Crippen LogP contribution in [-0.2, 0) is 0 Å². The van der Waals surface area contributed by atoms with Gasteiger partial charge < -0.3 is 8.83 Å². The van der Waals surface area contributed by atoms with E-state index in [1.807, 2.05) is 13.8 Å². The third-order valence-corrected chi connectivity index (χ3v) is 2.17. The average Bonchev–Trinajstić information content (AvgIpc) is 2.76. The van der Waals surface area contributed by atoms with Crippen LogP contribution in [0.25, 0.3) is 0 Å². The van der Waals surface area contributed by atoms with Crippen LogP contribution in [0.5, 0.6) is 0 Å². The van der Waals surface area contributed by atoms with Crippen LogP contribution in [0, 0.1) is 13.8 Å². The molecule has 3 heteroatoms. The van der Waals surface area contributed by atoms with Crippen LogP contribution in [0.1, 0.15) is 27.4 Å². The summed E-state index contributed by atoms with van der Waals surface area (Å²) < 4.78 is 10.1. The Kier molecular flexibility index (Phi) is 2.00. The molecule has 0 saturated heterocycles. The second-order valence-electron chi connectivity index (χ2n) is 3.19. The van der Waals surface area contributed by atoms with Crippen LogP contribution in [-0.4, -0.2) is 5.78 Å². The molecule has 2 aromatic heterocycles. The lowest BCUT2D eigenvalue weighted by Crippen LogP contribution is -1.96. The Morgan fingerprint density at radius 1 is 1.36 bits per heavy atom. The largest absolute Gasteiger partial charge is 0.472 e. The maximum Gasteiger partial charge on any atom is 0.231 e. The first-order valence-electron chi connectivity index (χ1n) is 4.32. The zero-order chi connectivity index (χ0) is 10.1. The van der Waals surface area contributed by atoms with E-state index in [9.17, 15) is 4.79 Å². The zero-order valence-corrected chi connectivity index (χ0v) is 8.03. The minimum absolute atomic E-state index is 0.144. The highest BCUT2D eigenvalue weighted by atomic mass is 16.3. The zero-order valence-electron chi connectivity index (χ0n) is 8.03. The Morgan fingerprint density at radius 3 is 2.64 bits per heavy atom. The van der Waals surface area contributed by atoms with Gasteiger partial charge in [-0.05, 0) is 31.5 Å². The summed E-state index contributed by atoms with van der Waals surface area (Å²) in [5, 5.41) is 0. The van der Waals surface area contributed by atoms with Crippen molar-refractivity contribution < 1.29 is 13.6 Å². The molecule has 0 saturated carbocycles. The summed E-state index contributed by atoms with van der Waals surface area (Å²) in [5.74, 6) is 0.994. The molecule has 0 aliphatic rings. The molecule has 0 amide bonds. The second kappa shape index (κ2) is 3.18. The van der Waals surface area contributed by atoms with E-state index in [1.165, 1.54) is 12.5 Å². The molecule has 0 unspecified atom stereocenters.